The highest BCUT2D eigenvalue weighted by atomic mass is 14.1. The molecule has 0 atom stereocenters. The predicted molar refractivity (Wildman–Crippen MR) is 58.5 cm³/mol. The van der Waals surface area contributed by atoms with Crippen LogP contribution < -0.4 is 0 Å². The molecule has 0 aromatic heterocycles. The van der Waals surface area contributed by atoms with Crippen LogP contribution in [0.25, 0.3) is 0 Å². The Hall–Kier alpha value is -0.440. The lowest BCUT2D eigenvalue weighted by Crippen LogP contribution is -1.85. The van der Waals surface area contributed by atoms with Gasteiger partial charge in [0.1, 0.15) is 0 Å². The Kier molecular flexibility index (Phi) is 5.74. The molecule has 1 aliphatic rings. The Balaban J connectivity index is 1.96. The molecule has 0 heteroatoms. The van der Waals surface area contributed by atoms with E-state index in [9.17, 15) is 0 Å². The summed E-state index contributed by atoms with van der Waals surface area (Å²) < 4.78 is 0. The second kappa shape index (κ2) is 7.01. The normalized spacial score (nSPS) is 17.0. The second-order valence-corrected chi connectivity index (χ2v) is 4.11. The van der Waals surface area contributed by atoms with Crippen molar-refractivity contribution in [3.05, 3.63) is 0 Å². The van der Waals surface area contributed by atoms with Crippen LogP contribution in [0, 0.1) is 17.8 Å². The molecule has 0 heterocycles. The summed E-state index contributed by atoms with van der Waals surface area (Å²) in [6.07, 6.45) is 12.1. The highest BCUT2D eigenvalue weighted by Gasteiger charge is 2.10. The van der Waals surface area contributed by atoms with Gasteiger partial charge in [-0.05, 0) is 19.3 Å². The van der Waals surface area contributed by atoms with Crippen molar-refractivity contribution in [2.24, 2.45) is 5.92 Å². The van der Waals surface area contributed by atoms with E-state index in [1.54, 1.807) is 0 Å². The summed E-state index contributed by atoms with van der Waals surface area (Å²) >= 11 is 0. The highest BCUT2D eigenvalue weighted by molar-refractivity contribution is 5.04. The lowest BCUT2D eigenvalue weighted by Gasteiger charge is -1.95. The standard InChI is InChI=1S/C13H22/c1-2-3-4-5-6-7-10-13-11-8-9-12-13/h13H,2-6,8-9,11-12H2,1H3. The molecular weight excluding hydrogens is 156 g/mol. The molecule has 1 rings (SSSR count). The van der Waals surface area contributed by atoms with Crippen molar-refractivity contribution in [3.63, 3.8) is 0 Å². The maximum Gasteiger partial charge on any atom is 0.0202 e. The number of hydrogen-bond acceptors (Lipinski definition) is 0. The Bertz CT molecular complexity index is 164. The number of rotatable bonds is 4. The van der Waals surface area contributed by atoms with Crippen LogP contribution in [0.15, 0.2) is 0 Å². The summed E-state index contributed by atoms with van der Waals surface area (Å²) in [6.45, 7) is 2.25. The molecule has 0 amide bonds. The van der Waals surface area contributed by atoms with E-state index in [4.69, 9.17) is 0 Å². The van der Waals surface area contributed by atoms with Crippen molar-refractivity contribution >= 4 is 0 Å². The van der Waals surface area contributed by atoms with Crippen LogP contribution in [0.2, 0.25) is 0 Å². The van der Waals surface area contributed by atoms with Crippen LogP contribution >= 0.6 is 0 Å². The summed E-state index contributed by atoms with van der Waals surface area (Å²) in [4.78, 5) is 0. The molecule has 74 valence electrons. The second-order valence-electron chi connectivity index (χ2n) is 4.11. The van der Waals surface area contributed by atoms with Crippen LogP contribution in [-0.2, 0) is 0 Å². The Morgan fingerprint density at radius 3 is 2.54 bits per heavy atom. The first-order chi connectivity index (χ1) is 6.43. The maximum atomic E-state index is 3.41. The molecule has 0 bridgehead atoms. The van der Waals surface area contributed by atoms with E-state index in [2.05, 4.69) is 18.8 Å². The van der Waals surface area contributed by atoms with Crippen molar-refractivity contribution in [3.8, 4) is 11.8 Å². The zero-order valence-corrected chi connectivity index (χ0v) is 8.94. The zero-order chi connectivity index (χ0) is 9.36. The van der Waals surface area contributed by atoms with E-state index in [-0.39, 0.29) is 0 Å². The average molecular weight is 178 g/mol. The monoisotopic (exact) mass is 178 g/mol. The van der Waals surface area contributed by atoms with Crippen molar-refractivity contribution in [1.29, 1.82) is 0 Å². The van der Waals surface area contributed by atoms with Crippen LogP contribution in [0.1, 0.15) is 64.7 Å². The summed E-state index contributed by atoms with van der Waals surface area (Å²) in [5.41, 5.74) is 0. The van der Waals surface area contributed by atoms with Crippen LogP contribution in [0.5, 0.6) is 0 Å². The van der Waals surface area contributed by atoms with E-state index in [1.807, 2.05) is 0 Å². The fraction of sp³-hybridized carbons (Fsp3) is 0.846. The first-order valence-electron chi connectivity index (χ1n) is 5.92. The molecule has 0 spiro atoms. The molecule has 0 aliphatic heterocycles. The van der Waals surface area contributed by atoms with Crippen molar-refractivity contribution in [2.75, 3.05) is 0 Å². The van der Waals surface area contributed by atoms with Gasteiger partial charge >= 0.3 is 0 Å². The topological polar surface area (TPSA) is 0 Å². The molecule has 0 nitrogen and oxygen atoms in total. The number of unbranched alkanes of at least 4 members (excludes halogenated alkanes) is 4. The van der Waals surface area contributed by atoms with Gasteiger partial charge in [-0.15, -0.1) is 5.92 Å². The fourth-order valence-electron chi connectivity index (χ4n) is 1.93. The molecule has 1 aliphatic carbocycles. The van der Waals surface area contributed by atoms with Crippen molar-refractivity contribution < 1.29 is 0 Å². The SMILES string of the molecule is CCCCCCC#CC1CCCC1. The predicted octanol–water partition coefficient (Wildman–Crippen LogP) is 4.15. The molecule has 0 unspecified atom stereocenters. The summed E-state index contributed by atoms with van der Waals surface area (Å²) in [7, 11) is 0. The molecular formula is C13H22. The van der Waals surface area contributed by atoms with Gasteiger partial charge < -0.3 is 0 Å². The molecule has 1 saturated carbocycles. The fourth-order valence-corrected chi connectivity index (χ4v) is 1.93. The third kappa shape index (κ3) is 4.98. The van der Waals surface area contributed by atoms with E-state index in [0.717, 1.165) is 12.3 Å². The Labute approximate surface area is 83.1 Å². The average Bonchev–Trinajstić information content (AvgIpc) is 2.63. The summed E-state index contributed by atoms with van der Waals surface area (Å²) in [6, 6.07) is 0. The van der Waals surface area contributed by atoms with Gasteiger partial charge in [0.05, 0.1) is 0 Å². The minimum Gasteiger partial charge on any atom is -0.103 e. The van der Waals surface area contributed by atoms with Gasteiger partial charge in [-0.25, -0.2) is 0 Å². The quantitative estimate of drug-likeness (QED) is 0.448. The Morgan fingerprint density at radius 2 is 1.85 bits per heavy atom. The maximum absolute atomic E-state index is 3.41. The third-order valence-corrected chi connectivity index (χ3v) is 2.82. The first kappa shape index (κ1) is 10.6. The van der Waals surface area contributed by atoms with Gasteiger partial charge in [0.15, 0.2) is 0 Å². The van der Waals surface area contributed by atoms with Gasteiger partial charge in [-0.1, -0.05) is 44.9 Å². The molecule has 0 radical (unpaired) electrons. The highest BCUT2D eigenvalue weighted by Crippen LogP contribution is 2.23. The van der Waals surface area contributed by atoms with Gasteiger partial charge in [0.2, 0.25) is 0 Å². The zero-order valence-electron chi connectivity index (χ0n) is 8.94. The van der Waals surface area contributed by atoms with Gasteiger partial charge in [-0.3, -0.25) is 0 Å². The molecule has 13 heavy (non-hydrogen) atoms. The molecule has 0 N–H and O–H groups in total. The number of hydrogen-bond donors (Lipinski definition) is 0. The molecule has 0 aromatic carbocycles. The molecule has 0 aromatic rings. The minimum atomic E-state index is 0.756. The van der Waals surface area contributed by atoms with E-state index in [1.165, 1.54) is 51.4 Å². The van der Waals surface area contributed by atoms with Gasteiger partial charge in [-0.2, -0.15) is 0 Å². The van der Waals surface area contributed by atoms with E-state index >= 15 is 0 Å². The van der Waals surface area contributed by atoms with E-state index in [0.29, 0.717) is 0 Å². The van der Waals surface area contributed by atoms with Crippen LogP contribution in [0.3, 0.4) is 0 Å². The van der Waals surface area contributed by atoms with Crippen molar-refractivity contribution in [2.45, 2.75) is 64.7 Å². The van der Waals surface area contributed by atoms with Crippen molar-refractivity contribution in [1.82, 2.24) is 0 Å². The summed E-state index contributed by atoms with van der Waals surface area (Å²) in [5.74, 6) is 7.50. The first-order valence-corrected chi connectivity index (χ1v) is 5.92. The van der Waals surface area contributed by atoms with Gasteiger partial charge in [0.25, 0.3) is 0 Å². The molecule has 1 fully saturated rings. The van der Waals surface area contributed by atoms with Crippen LogP contribution in [0.4, 0.5) is 0 Å². The van der Waals surface area contributed by atoms with Gasteiger partial charge in [0, 0.05) is 12.3 Å². The smallest absolute Gasteiger partial charge is 0.0202 e. The molecule has 0 saturated heterocycles. The third-order valence-electron chi connectivity index (χ3n) is 2.82. The lowest BCUT2D eigenvalue weighted by molar-refractivity contribution is 0.676. The van der Waals surface area contributed by atoms with Crippen LogP contribution in [-0.4, -0.2) is 0 Å². The minimum absolute atomic E-state index is 0.756. The Morgan fingerprint density at radius 1 is 1.08 bits per heavy atom. The summed E-state index contributed by atoms with van der Waals surface area (Å²) in [5, 5.41) is 0. The largest absolute Gasteiger partial charge is 0.103 e. The van der Waals surface area contributed by atoms with E-state index < -0.39 is 0 Å². The lowest BCUT2D eigenvalue weighted by atomic mass is 10.1.